The molecule has 4 rings (SSSR count). The quantitative estimate of drug-likeness (QED) is 0.632. The highest BCUT2D eigenvalue weighted by Crippen LogP contribution is 2.35. The Morgan fingerprint density at radius 3 is 2.52 bits per heavy atom. The molecule has 0 atom stereocenters. The van der Waals surface area contributed by atoms with Crippen LogP contribution in [-0.2, 0) is 0 Å². The van der Waals surface area contributed by atoms with E-state index in [1.807, 2.05) is 30.3 Å². The number of pyridine rings is 1. The molecule has 0 N–H and O–H groups in total. The topological polar surface area (TPSA) is 51.7 Å². The van der Waals surface area contributed by atoms with Crippen molar-refractivity contribution in [1.82, 2.24) is 4.98 Å². The van der Waals surface area contributed by atoms with Crippen LogP contribution >= 0.6 is 0 Å². The van der Waals surface area contributed by atoms with Gasteiger partial charge in [0.15, 0.2) is 6.29 Å². The Labute approximate surface area is 158 Å². The van der Waals surface area contributed by atoms with Crippen molar-refractivity contribution < 1.29 is 14.3 Å². The minimum atomic E-state index is 0.626. The molecule has 1 aliphatic heterocycles. The molecule has 1 fully saturated rings. The van der Waals surface area contributed by atoms with Gasteiger partial charge < -0.3 is 14.4 Å². The van der Waals surface area contributed by atoms with Crippen molar-refractivity contribution in [3.05, 3.63) is 48.0 Å². The Morgan fingerprint density at radius 2 is 1.81 bits per heavy atom. The number of hydrogen-bond acceptors (Lipinski definition) is 5. The van der Waals surface area contributed by atoms with E-state index in [2.05, 4.69) is 17.0 Å². The fourth-order valence-electron chi connectivity index (χ4n) is 3.66. The standard InChI is InChI=1S/C22H22N2O3/c1-26-17-6-8-22(27-2)19(13-17)21-11-15(14-25)18-12-16(5-7-20(18)23-21)24-9-3-4-10-24/h5-8,11-14H,3-4,9-10H2,1-2H3. The zero-order valence-electron chi connectivity index (χ0n) is 15.6. The lowest BCUT2D eigenvalue weighted by molar-refractivity contribution is 0.112. The van der Waals surface area contributed by atoms with E-state index in [0.29, 0.717) is 22.8 Å². The van der Waals surface area contributed by atoms with E-state index in [0.717, 1.165) is 41.5 Å². The van der Waals surface area contributed by atoms with Gasteiger partial charge in [0.05, 0.1) is 25.4 Å². The van der Waals surface area contributed by atoms with Crippen LogP contribution in [0.2, 0.25) is 0 Å². The van der Waals surface area contributed by atoms with E-state index in [1.165, 1.54) is 12.8 Å². The van der Waals surface area contributed by atoms with Gasteiger partial charge in [-0.25, -0.2) is 4.98 Å². The number of carbonyl (C=O) groups excluding carboxylic acids is 1. The summed E-state index contributed by atoms with van der Waals surface area (Å²) in [7, 11) is 3.24. The second-order valence-electron chi connectivity index (χ2n) is 6.68. The number of benzene rings is 2. The van der Waals surface area contributed by atoms with Gasteiger partial charge in [-0.2, -0.15) is 0 Å². The maximum absolute atomic E-state index is 11.8. The van der Waals surface area contributed by atoms with Crippen molar-refractivity contribution in [1.29, 1.82) is 0 Å². The maximum atomic E-state index is 11.8. The number of carbonyl (C=O) groups is 1. The number of rotatable bonds is 5. The fourth-order valence-corrected chi connectivity index (χ4v) is 3.66. The first-order valence-corrected chi connectivity index (χ1v) is 9.11. The number of fused-ring (bicyclic) bond motifs is 1. The Bertz CT molecular complexity index is 994. The summed E-state index contributed by atoms with van der Waals surface area (Å²) >= 11 is 0. The first-order valence-electron chi connectivity index (χ1n) is 9.11. The maximum Gasteiger partial charge on any atom is 0.150 e. The van der Waals surface area contributed by atoms with Crippen molar-refractivity contribution in [2.45, 2.75) is 12.8 Å². The summed E-state index contributed by atoms with van der Waals surface area (Å²) in [6, 6.07) is 13.5. The molecule has 1 saturated heterocycles. The molecule has 0 amide bonds. The number of hydrogen-bond donors (Lipinski definition) is 0. The third kappa shape index (κ3) is 3.21. The van der Waals surface area contributed by atoms with Crippen molar-refractivity contribution in [3.8, 4) is 22.8 Å². The second-order valence-corrected chi connectivity index (χ2v) is 6.68. The average molecular weight is 362 g/mol. The van der Waals surface area contributed by atoms with E-state index in [-0.39, 0.29) is 0 Å². The van der Waals surface area contributed by atoms with E-state index in [9.17, 15) is 4.79 Å². The van der Waals surface area contributed by atoms with Gasteiger partial charge in [-0.15, -0.1) is 0 Å². The zero-order chi connectivity index (χ0) is 18.8. The predicted octanol–water partition coefficient (Wildman–Crippen LogP) is 4.33. The Morgan fingerprint density at radius 1 is 1.00 bits per heavy atom. The first-order chi connectivity index (χ1) is 13.2. The molecule has 0 bridgehead atoms. The number of anilines is 1. The highest BCUT2D eigenvalue weighted by atomic mass is 16.5. The minimum Gasteiger partial charge on any atom is -0.497 e. The summed E-state index contributed by atoms with van der Waals surface area (Å²) in [6.07, 6.45) is 3.32. The molecule has 0 saturated carbocycles. The lowest BCUT2D eigenvalue weighted by Crippen LogP contribution is -2.17. The molecule has 0 radical (unpaired) electrons. The van der Waals surface area contributed by atoms with E-state index in [4.69, 9.17) is 14.5 Å². The number of nitrogens with zero attached hydrogens (tertiary/aromatic N) is 2. The lowest BCUT2D eigenvalue weighted by atomic mass is 10.0. The van der Waals surface area contributed by atoms with Gasteiger partial charge in [-0.05, 0) is 55.3 Å². The molecule has 2 aromatic carbocycles. The molecule has 0 unspecified atom stereocenters. The molecule has 0 spiro atoms. The van der Waals surface area contributed by atoms with Crippen LogP contribution in [0.25, 0.3) is 22.2 Å². The normalized spacial score (nSPS) is 13.8. The van der Waals surface area contributed by atoms with Crippen LogP contribution in [0.5, 0.6) is 11.5 Å². The van der Waals surface area contributed by atoms with E-state index in [1.54, 1.807) is 14.2 Å². The molecule has 138 valence electrons. The van der Waals surface area contributed by atoms with Crippen LogP contribution in [-0.4, -0.2) is 38.6 Å². The zero-order valence-corrected chi connectivity index (χ0v) is 15.6. The van der Waals surface area contributed by atoms with Gasteiger partial charge in [0.1, 0.15) is 11.5 Å². The van der Waals surface area contributed by atoms with Crippen molar-refractivity contribution in [3.63, 3.8) is 0 Å². The minimum absolute atomic E-state index is 0.626. The van der Waals surface area contributed by atoms with E-state index < -0.39 is 0 Å². The van der Waals surface area contributed by atoms with Crippen LogP contribution in [0.15, 0.2) is 42.5 Å². The molecular weight excluding hydrogens is 340 g/mol. The van der Waals surface area contributed by atoms with Crippen LogP contribution in [0, 0.1) is 0 Å². The number of methoxy groups -OCH3 is 2. The van der Waals surface area contributed by atoms with Crippen molar-refractivity contribution in [2.75, 3.05) is 32.2 Å². The van der Waals surface area contributed by atoms with Gasteiger partial charge in [0, 0.05) is 35.3 Å². The summed E-state index contributed by atoms with van der Waals surface area (Å²) in [4.78, 5) is 19.0. The van der Waals surface area contributed by atoms with Crippen LogP contribution in [0.3, 0.4) is 0 Å². The molecule has 2 heterocycles. The van der Waals surface area contributed by atoms with Crippen LogP contribution < -0.4 is 14.4 Å². The summed E-state index contributed by atoms with van der Waals surface area (Å²) in [5, 5.41) is 0.875. The number of aromatic nitrogens is 1. The Balaban J connectivity index is 1.86. The monoisotopic (exact) mass is 362 g/mol. The molecule has 0 aliphatic carbocycles. The smallest absolute Gasteiger partial charge is 0.150 e. The molecule has 5 nitrogen and oxygen atoms in total. The Kier molecular flexibility index (Phi) is 4.67. The number of ether oxygens (including phenoxy) is 2. The highest BCUT2D eigenvalue weighted by molar-refractivity contribution is 5.99. The molecule has 27 heavy (non-hydrogen) atoms. The average Bonchev–Trinajstić information content (AvgIpc) is 3.27. The molecule has 5 heteroatoms. The molecule has 1 aliphatic rings. The summed E-state index contributed by atoms with van der Waals surface area (Å²) in [6.45, 7) is 2.13. The first kappa shape index (κ1) is 17.3. The third-order valence-electron chi connectivity index (χ3n) is 5.11. The summed E-state index contributed by atoms with van der Waals surface area (Å²) in [5.41, 5.74) is 4.06. The lowest BCUT2D eigenvalue weighted by Gasteiger charge is -2.18. The van der Waals surface area contributed by atoms with Gasteiger partial charge >= 0.3 is 0 Å². The van der Waals surface area contributed by atoms with Crippen LogP contribution in [0.4, 0.5) is 5.69 Å². The third-order valence-corrected chi connectivity index (χ3v) is 5.11. The van der Waals surface area contributed by atoms with Gasteiger partial charge in [0.2, 0.25) is 0 Å². The number of aldehydes is 1. The fraction of sp³-hybridized carbons (Fsp3) is 0.273. The SMILES string of the molecule is COc1ccc(OC)c(-c2cc(C=O)c3cc(N4CCCC4)ccc3n2)c1. The second kappa shape index (κ2) is 7.27. The van der Waals surface area contributed by atoms with E-state index >= 15 is 0 Å². The van der Waals surface area contributed by atoms with Gasteiger partial charge in [-0.3, -0.25) is 4.79 Å². The van der Waals surface area contributed by atoms with Crippen molar-refractivity contribution in [2.24, 2.45) is 0 Å². The summed E-state index contributed by atoms with van der Waals surface area (Å²) in [5.74, 6) is 1.40. The molecular formula is C22H22N2O3. The largest absolute Gasteiger partial charge is 0.497 e. The highest BCUT2D eigenvalue weighted by Gasteiger charge is 2.16. The predicted molar refractivity (Wildman–Crippen MR) is 107 cm³/mol. The Hall–Kier alpha value is -3.08. The van der Waals surface area contributed by atoms with Crippen molar-refractivity contribution >= 4 is 22.9 Å². The molecule has 3 aromatic rings. The molecule has 1 aromatic heterocycles. The van der Waals surface area contributed by atoms with Gasteiger partial charge in [-0.1, -0.05) is 0 Å². The summed E-state index contributed by atoms with van der Waals surface area (Å²) < 4.78 is 10.8. The van der Waals surface area contributed by atoms with Gasteiger partial charge in [0.25, 0.3) is 0 Å². The van der Waals surface area contributed by atoms with Crippen LogP contribution in [0.1, 0.15) is 23.2 Å².